The van der Waals surface area contributed by atoms with Crippen LogP contribution < -0.4 is 9.80 Å². The van der Waals surface area contributed by atoms with Gasteiger partial charge in [0.05, 0.1) is 15.7 Å². The number of rotatable bonds is 6. The van der Waals surface area contributed by atoms with Gasteiger partial charge in [0, 0.05) is 22.2 Å². The predicted octanol–water partition coefficient (Wildman–Crippen LogP) is 7.05. The summed E-state index contributed by atoms with van der Waals surface area (Å²) in [6.45, 7) is 2.41. The minimum Gasteiger partial charge on any atom is -0.336 e. The van der Waals surface area contributed by atoms with E-state index < -0.39 is 11.8 Å². The predicted molar refractivity (Wildman–Crippen MR) is 133 cm³/mol. The number of carbonyl (C=O) groups excluding carboxylic acids is 2. The minimum absolute atomic E-state index is 0.149. The summed E-state index contributed by atoms with van der Waals surface area (Å²) in [5.74, 6) is -0.912. The quantitative estimate of drug-likeness (QED) is 0.338. The maximum Gasteiger partial charge on any atom is 0.283 e. The van der Waals surface area contributed by atoms with Gasteiger partial charge in [-0.3, -0.25) is 9.59 Å². The smallest absolute Gasteiger partial charge is 0.283 e. The minimum atomic E-state index is -0.457. The van der Waals surface area contributed by atoms with Crippen LogP contribution in [0.4, 0.5) is 11.4 Å². The lowest BCUT2D eigenvalue weighted by Crippen LogP contribution is -2.35. The SMILES string of the molecule is CCN(C1=C(Sc2ccc(Cl)cc2)C(=O)N(c2cccc(Cl)c2Cl)C1=O)c1ccccc1. The van der Waals surface area contributed by atoms with Crippen LogP contribution in [-0.2, 0) is 9.59 Å². The number of halogens is 3. The third-order valence-electron chi connectivity index (χ3n) is 4.88. The summed E-state index contributed by atoms with van der Waals surface area (Å²) >= 11 is 19.8. The van der Waals surface area contributed by atoms with Crippen molar-refractivity contribution in [2.45, 2.75) is 11.8 Å². The van der Waals surface area contributed by atoms with Crippen LogP contribution in [0.5, 0.6) is 0 Å². The van der Waals surface area contributed by atoms with Crippen LogP contribution in [-0.4, -0.2) is 18.4 Å². The molecule has 32 heavy (non-hydrogen) atoms. The second-order valence-electron chi connectivity index (χ2n) is 6.83. The molecule has 1 aliphatic rings. The lowest BCUT2D eigenvalue weighted by Gasteiger charge is -2.25. The summed E-state index contributed by atoms with van der Waals surface area (Å²) < 4.78 is 0. The molecule has 0 atom stereocenters. The Bertz CT molecular complexity index is 1210. The van der Waals surface area contributed by atoms with Crippen molar-refractivity contribution < 1.29 is 9.59 Å². The largest absolute Gasteiger partial charge is 0.336 e. The summed E-state index contributed by atoms with van der Waals surface area (Å²) in [6.07, 6.45) is 0. The maximum atomic E-state index is 13.7. The Morgan fingerprint density at radius 3 is 2.19 bits per heavy atom. The summed E-state index contributed by atoms with van der Waals surface area (Å²) in [4.78, 5) is 31.3. The lowest BCUT2D eigenvalue weighted by atomic mass is 10.2. The standard InChI is InChI=1S/C24H17Cl3N2O2S/c1-2-28(16-7-4-3-5-8-16)21-22(32-17-13-11-15(25)12-14-17)24(31)29(23(21)30)19-10-6-9-18(26)20(19)27/h3-14H,2H2,1H3. The first-order valence-corrected chi connectivity index (χ1v) is 11.7. The van der Waals surface area contributed by atoms with Crippen LogP contribution in [0.2, 0.25) is 15.1 Å². The molecule has 162 valence electrons. The zero-order valence-electron chi connectivity index (χ0n) is 16.9. The first-order valence-electron chi connectivity index (χ1n) is 9.75. The van der Waals surface area contributed by atoms with Crippen molar-refractivity contribution in [3.05, 3.63) is 98.5 Å². The van der Waals surface area contributed by atoms with Gasteiger partial charge in [0.15, 0.2) is 0 Å². The Hall–Kier alpha value is -2.44. The molecule has 0 fully saturated rings. The molecule has 0 bridgehead atoms. The molecule has 0 saturated heterocycles. The topological polar surface area (TPSA) is 40.6 Å². The first-order chi connectivity index (χ1) is 15.4. The number of benzene rings is 3. The highest BCUT2D eigenvalue weighted by Gasteiger charge is 2.43. The van der Waals surface area contributed by atoms with Gasteiger partial charge in [0.2, 0.25) is 0 Å². The number of thioether (sulfide) groups is 1. The fourth-order valence-electron chi connectivity index (χ4n) is 3.41. The number of amides is 2. The van der Waals surface area contributed by atoms with Crippen LogP contribution in [0.1, 0.15) is 6.92 Å². The molecule has 0 spiro atoms. The van der Waals surface area contributed by atoms with Crippen LogP contribution >= 0.6 is 46.6 Å². The molecular formula is C24H17Cl3N2O2S. The fraction of sp³-hybridized carbons (Fsp3) is 0.0833. The molecule has 3 aromatic carbocycles. The Morgan fingerprint density at radius 2 is 1.53 bits per heavy atom. The number of anilines is 2. The Morgan fingerprint density at radius 1 is 0.844 bits per heavy atom. The first kappa shape index (κ1) is 22.7. The number of likely N-dealkylation sites (N-methyl/N-ethyl adjacent to an activating group) is 1. The Labute approximate surface area is 205 Å². The van der Waals surface area contributed by atoms with Crippen molar-refractivity contribution in [2.24, 2.45) is 0 Å². The van der Waals surface area contributed by atoms with Crippen LogP contribution in [0.15, 0.2) is 88.3 Å². The van der Waals surface area contributed by atoms with Crippen LogP contribution in [0.3, 0.4) is 0 Å². The molecule has 0 aromatic heterocycles. The van der Waals surface area contributed by atoms with E-state index in [-0.39, 0.29) is 15.7 Å². The second kappa shape index (κ2) is 9.59. The van der Waals surface area contributed by atoms with E-state index in [1.54, 1.807) is 30.3 Å². The molecule has 2 amide bonds. The molecule has 4 rings (SSSR count). The zero-order chi connectivity index (χ0) is 22.8. The van der Waals surface area contributed by atoms with E-state index in [1.807, 2.05) is 54.3 Å². The highest BCUT2D eigenvalue weighted by atomic mass is 35.5. The highest BCUT2D eigenvalue weighted by Crippen LogP contribution is 2.43. The molecule has 4 nitrogen and oxygen atoms in total. The molecular weight excluding hydrogens is 487 g/mol. The van der Waals surface area contributed by atoms with Gasteiger partial charge < -0.3 is 4.90 Å². The number of hydrogen-bond donors (Lipinski definition) is 0. The van der Waals surface area contributed by atoms with E-state index in [0.29, 0.717) is 22.2 Å². The molecule has 0 radical (unpaired) electrons. The molecule has 0 unspecified atom stereocenters. The van der Waals surface area contributed by atoms with Gasteiger partial charge in [-0.1, -0.05) is 70.8 Å². The Balaban J connectivity index is 1.85. The molecule has 1 aliphatic heterocycles. The number of para-hydroxylation sites is 1. The van der Waals surface area contributed by atoms with Gasteiger partial charge in [0.25, 0.3) is 11.8 Å². The summed E-state index contributed by atoms with van der Waals surface area (Å²) in [5.41, 5.74) is 1.35. The second-order valence-corrected chi connectivity index (χ2v) is 9.14. The van der Waals surface area contributed by atoms with Crippen molar-refractivity contribution >= 4 is 69.8 Å². The molecule has 3 aromatic rings. The van der Waals surface area contributed by atoms with Gasteiger partial charge in [0.1, 0.15) is 10.6 Å². The van der Waals surface area contributed by atoms with Crippen molar-refractivity contribution in [3.8, 4) is 0 Å². The van der Waals surface area contributed by atoms with E-state index in [1.165, 1.54) is 11.8 Å². The van der Waals surface area contributed by atoms with Crippen LogP contribution in [0, 0.1) is 0 Å². The molecule has 0 N–H and O–H groups in total. The monoisotopic (exact) mass is 502 g/mol. The van der Waals surface area contributed by atoms with Gasteiger partial charge in [-0.2, -0.15) is 0 Å². The number of imide groups is 1. The van der Waals surface area contributed by atoms with Gasteiger partial charge in [-0.15, -0.1) is 0 Å². The van der Waals surface area contributed by atoms with Crippen molar-refractivity contribution in [3.63, 3.8) is 0 Å². The summed E-state index contributed by atoms with van der Waals surface area (Å²) in [6, 6.07) is 21.4. The fourth-order valence-corrected chi connectivity index (χ4v) is 4.90. The van der Waals surface area contributed by atoms with Gasteiger partial charge in [-0.25, -0.2) is 4.90 Å². The average Bonchev–Trinajstić information content (AvgIpc) is 3.03. The van der Waals surface area contributed by atoms with Crippen molar-refractivity contribution in [1.29, 1.82) is 0 Å². The van der Waals surface area contributed by atoms with E-state index in [0.717, 1.165) is 15.5 Å². The molecule has 0 aliphatic carbocycles. The van der Waals surface area contributed by atoms with Crippen LogP contribution in [0.25, 0.3) is 0 Å². The van der Waals surface area contributed by atoms with E-state index >= 15 is 0 Å². The summed E-state index contributed by atoms with van der Waals surface area (Å²) in [5, 5.41) is 1.00. The van der Waals surface area contributed by atoms with E-state index in [9.17, 15) is 9.59 Å². The van der Waals surface area contributed by atoms with Gasteiger partial charge in [-0.05, 0) is 55.5 Å². The Kier molecular flexibility index (Phi) is 6.82. The van der Waals surface area contributed by atoms with E-state index in [2.05, 4.69) is 0 Å². The third-order valence-corrected chi connectivity index (χ3v) is 7.02. The molecule has 8 heteroatoms. The normalized spacial score (nSPS) is 13.8. The molecule has 1 heterocycles. The number of nitrogens with zero attached hydrogens (tertiary/aromatic N) is 2. The maximum absolute atomic E-state index is 13.7. The average molecular weight is 504 g/mol. The molecule has 0 saturated carbocycles. The van der Waals surface area contributed by atoms with Gasteiger partial charge >= 0.3 is 0 Å². The van der Waals surface area contributed by atoms with Crippen molar-refractivity contribution in [2.75, 3.05) is 16.3 Å². The summed E-state index contributed by atoms with van der Waals surface area (Å²) in [7, 11) is 0. The number of hydrogen-bond acceptors (Lipinski definition) is 4. The van der Waals surface area contributed by atoms with Crippen molar-refractivity contribution in [1.82, 2.24) is 0 Å². The zero-order valence-corrected chi connectivity index (χ0v) is 20.0. The van der Waals surface area contributed by atoms with E-state index in [4.69, 9.17) is 34.8 Å². The number of carbonyl (C=O) groups is 2. The third kappa shape index (κ3) is 4.26. The lowest BCUT2D eigenvalue weighted by molar-refractivity contribution is -0.120. The highest BCUT2D eigenvalue weighted by molar-refractivity contribution is 8.04.